The van der Waals surface area contributed by atoms with Crippen molar-refractivity contribution in [3.63, 3.8) is 0 Å². The van der Waals surface area contributed by atoms with Crippen LogP contribution < -0.4 is 10.1 Å². The molecule has 240 valence electrons. The molecule has 3 aromatic carbocycles. The lowest BCUT2D eigenvalue weighted by Gasteiger charge is -2.14. The number of methoxy groups -OCH3 is 2. The Kier molecular flexibility index (Phi) is 11.7. The van der Waals surface area contributed by atoms with Gasteiger partial charge in [-0.1, -0.05) is 72.3 Å². The number of hydrogen-bond acceptors (Lipinski definition) is 8. The molecular weight excluding hydrogens is 624 g/mol. The molecule has 10 nitrogen and oxygen atoms in total. The van der Waals surface area contributed by atoms with E-state index in [0.29, 0.717) is 23.4 Å². The molecule has 0 spiro atoms. The highest BCUT2D eigenvalue weighted by Gasteiger charge is 2.39. The summed E-state index contributed by atoms with van der Waals surface area (Å²) in [6.07, 6.45) is 0. The van der Waals surface area contributed by atoms with Crippen LogP contribution in [0.25, 0.3) is 11.1 Å². The molecule has 0 saturated heterocycles. The predicted molar refractivity (Wildman–Crippen MR) is 166 cm³/mol. The second-order valence-electron chi connectivity index (χ2n) is 9.71. The molecule has 3 aromatic rings. The van der Waals surface area contributed by atoms with E-state index in [4.69, 9.17) is 21.1 Å². The standard InChI is InChI=1S/C20H18F2N2O4.C13H12ClNO3/c1-27-12-11-24-18(25)16(13-5-3-2-4-6-13)17(19(24)26)23-14-7-9-15(10-8-14)28-20(21)22;1-18-8-7-15-12(16)10(11(14)13(15)17)9-5-3-2-4-6-9/h2-10,20,23H,11-12H2,1H3;2-6H,7-8H2,1H3. The Morgan fingerprint density at radius 3 is 1.65 bits per heavy atom. The number of hydrogen-bond donors (Lipinski definition) is 1. The highest BCUT2D eigenvalue weighted by atomic mass is 35.5. The molecule has 0 saturated carbocycles. The fourth-order valence-corrected chi connectivity index (χ4v) is 4.89. The van der Waals surface area contributed by atoms with Gasteiger partial charge in [0.2, 0.25) is 0 Å². The zero-order chi connectivity index (χ0) is 33.2. The Balaban J connectivity index is 0.000000230. The first-order chi connectivity index (χ1) is 22.2. The van der Waals surface area contributed by atoms with Crippen LogP contribution in [0.4, 0.5) is 14.5 Å². The van der Waals surface area contributed by atoms with Crippen molar-refractivity contribution in [1.29, 1.82) is 0 Å². The Morgan fingerprint density at radius 1 is 0.674 bits per heavy atom. The van der Waals surface area contributed by atoms with Crippen molar-refractivity contribution < 1.29 is 42.2 Å². The normalized spacial score (nSPS) is 14.8. The van der Waals surface area contributed by atoms with Gasteiger partial charge in [-0.3, -0.25) is 29.0 Å². The van der Waals surface area contributed by atoms with Crippen LogP contribution in [0.3, 0.4) is 0 Å². The molecule has 0 bridgehead atoms. The molecule has 5 rings (SSSR count). The Labute approximate surface area is 268 Å². The summed E-state index contributed by atoms with van der Waals surface area (Å²) < 4.78 is 38.7. The van der Waals surface area contributed by atoms with Crippen LogP contribution in [0.15, 0.2) is 95.7 Å². The number of carbonyl (C=O) groups is 4. The van der Waals surface area contributed by atoms with E-state index in [2.05, 4.69) is 10.1 Å². The minimum atomic E-state index is -2.92. The monoisotopic (exact) mass is 653 g/mol. The predicted octanol–water partition coefficient (Wildman–Crippen LogP) is 4.78. The molecule has 1 N–H and O–H groups in total. The van der Waals surface area contributed by atoms with Gasteiger partial charge in [-0.25, -0.2) is 0 Å². The number of rotatable bonds is 12. The van der Waals surface area contributed by atoms with Crippen molar-refractivity contribution in [2.24, 2.45) is 0 Å². The summed E-state index contributed by atoms with van der Waals surface area (Å²) >= 11 is 5.96. The number of anilines is 1. The minimum Gasteiger partial charge on any atom is -0.435 e. The topological polar surface area (TPSA) is 114 Å². The van der Waals surface area contributed by atoms with Crippen LogP contribution in [0, 0.1) is 0 Å². The van der Waals surface area contributed by atoms with Crippen molar-refractivity contribution in [3.05, 3.63) is 107 Å². The lowest BCUT2D eigenvalue weighted by atomic mass is 10.0. The minimum absolute atomic E-state index is 0.00615. The van der Waals surface area contributed by atoms with Gasteiger partial charge in [-0.05, 0) is 35.4 Å². The van der Waals surface area contributed by atoms with Crippen molar-refractivity contribution in [2.75, 3.05) is 45.8 Å². The molecule has 0 unspecified atom stereocenters. The van der Waals surface area contributed by atoms with Gasteiger partial charge in [0, 0.05) is 19.9 Å². The number of halogens is 3. The second-order valence-corrected chi connectivity index (χ2v) is 10.1. The number of benzene rings is 3. The quantitative estimate of drug-likeness (QED) is 0.278. The zero-order valence-electron chi connectivity index (χ0n) is 24.9. The summed E-state index contributed by atoms with van der Waals surface area (Å²) in [5.41, 5.74) is 2.34. The van der Waals surface area contributed by atoms with Gasteiger partial charge in [-0.15, -0.1) is 0 Å². The maximum Gasteiger partial charge on any atom is 0.387 e. The first kappa shape index (κ1) is 34.0. The SMILES string of the molecule is COCCN1C(=O)C(Cl)=C(c2ccccc2)C1=O.COCCN1C(=O)C(Nc2ccc(OC(F)F)cc2)=C(c2ccccc2)C1=O. The van der Waals surface area contributed by atoms with Gasteiger partial charge in [0.15, 0.2) is 0 Å². The lowest BCUT2D eigenvalue weighted by molar-refractivity contribution is -0.138. The number of ether oxygens (including phenoxy) is 3. The average molecular weight is 654 g/mol. The maximum absolute atomic E-state index is 12.8. The Hall–Kier alpha value is -4.91. The number of alkyl halides is 2. The molecule has 13 heteroatoms. The van der Waals surface area contributed by atoms with Gasteiger partial charge in [0.25, 0.3) is 23.6 Å². The largest absolute Gasteiger partial charge is 0.435 e. The van der Waals surface area contributed by atoms with Crippen molar-refractivity contribution >= 4 is 52.1 Å². The molecular formula is C33H30ClF2N3O7. The third-order valence-electron chi connectivity index (χ3n) is 6.79. The van der Waals surface area contributed by atoms with Crippen LogP contribution in [0.5, 0.6) is 5.75 Å². The maximum atomic E-state index is 12.8. The van der Waals surface area contributed by atoms with Crippen LogP contribution in [-0.2, 0) is 28.7 Å². The van der Waals surface area contributed by atoms with E-state index in [1.807, 2.05) is 12.1 Å². The van der Waals surface area contributed by atoms with Gasteiger partial charge >= 0.3 is 6.61 Å². The number of carbonyl (C=O) groups excluding carboxylic acids is 4. The third kappa shape index (κ3) is 7.83. The first-order valence-corrected chi connectivity index (χ1v) is 14.3. The highest BCUT2D eigenvalue weighted by Crippen LogP contribution is 2.32. The second kappa shape index (κ2) is 15.9. The molecule has 0 aliphatic carbocycles. The molecule has 46 heavy (non-hydrogen) atoms. The van der Waals surface area contributed by atoms with Gasteiger partial charge in [0.1, 0.15) is 16.5 Å². The fraction of sp³-hybridized carbons (Fsp3) is 0.212. The molecule has 2 aliphatic heterocycles. The van der Waals surface area contributed by atoms with Gasteiger partial charge in [-0.2, -0.15) is 8.78 Å². The molecule has 2 aliphatic rings. The number of amides is 4. The summed E-state index contributed by atoms with van der Waals surface area (Å²) in [6, 6.07) is 23.4. The van der Waals surface area contributed by atoms with E-state index in [0.717, 1.165) is 9.80 Å². The summed E-state index contributed by atoms with van der Waals surface area (Å²) in [4.78, 5) is 51.9. The summed E-state index contributed by atoms with van der Waals surface area (Å²) in [7, 11) is 3.00. The van der Waals surface area contributed by atoms with Crippen molar-refractivity contribution in [3.8, 4) is 5.75 Å². The number of nitrogens with zero attached hydrogens (tertiary/aromatic N) is 2. The summed E-state index contributed by atoms with van der Waals surface area (Å²) in [5, 5.41) is 2.91. The summed E-state index contributed by atoms with van der Waals surface area (Å²) in [5.74, 6) is -1.73. The Bertz CT molecular complexity index is 1630. The van der Waals surface area contributed by atoms with E-state index in [1.54, 1.807) is 48.5 Å². The van der Waals surface area contributed by atoms with Crippen molar-refractivity contribution in [1.82, 2.24) is 9.80 Å². The van der Waals surface area contributed by atoms with E-state index in [-0.39, 0.29) is 53.2 Å². The number of imide groups is 2. The first-order valence-electron chi connectivity index (χ1n) is 13.9. The lowest BCUT2D eigenvalue weighted by Crippen LogP contribution is -2.35. The summed E-state index contributed by atoms with van der Waals surface area (Å²) in [6.45, 7) is -2.08. The van der Waals surface area contributed by atoms with Crippen molar-refractivity contribution in [2.45, 2.75) is 6.61 Å². The molecule has 0 fully saturated rings. The van der Waals surface area contributed by atoms with Gasteiger partial charge in [0.05, 0.1) is 37.4 Å². The van der Waals surface area contributed by atoms with Crippen LogP contribution in [-0.4, -0.2) is 80.6 Å². The Morgan fingerprint density at radius 2 is 1.15 bits per heavy atom. The highest BCUT2D eigenvalue weighted by molar-refractivity contribution is 6.55. The fourth-order valence-electron chi connectivity index (χ4n) is 4.60. The van der Waals surface area contributed by atoms with Crippen LogP contribution >= 0.6 is 11.6 Å². The van der Waals surface area contributed by atoms with E-state index in [9.17, 15) is 28.0 Å². The van der Waals surface area contributed by atoms with E-state index >= 15 is 0 Å². The zero-order valence-corrected chi connectivity index (χ0v) is 25.6. The molecule has 0 atom stereocenters. The van der Waals surface area contributed by atoms with Gasteiger partial charge < -0.3 is 19.5 Å². The average Bonchev–Trinajstić information content (AvgIpc) is 3.42. The number of nitrogens with one attached hydrogen (secondary N) is 1. The molecule has 0 radical (unpaired) electrons. The smallest absolute Gasteiger partial charge is 0.387 e. The van der Waals surface area contributed by atoms with E-state index < -0.39 is 24.3 Å². The van der Waals surface area contributed by atoms with Crippen LogP contribution in [0.2, 0.25) is 0 Å². The molecule has 2 heterocycles. The molecule has 4 amide bonds. The molecule has 0 aromatic heterocycles. The third-order valence-corrected chi connectivity index (χ3v) is 7.14. The van der Waals surface area contributed by atoms with Crippen LogP contribution in [0.1, 0.15) is 11.1 Å². The van der Waals surface area contributed by atoms with E-state index in [1.165, 1.54) is 38.5 Å².